The van der Waals surface area contributed by atoms with E-state index in [1.54, 1.807) is 12.1 Å². The van der Waals surface area contributed by atoms with Crippen molar-refractivity contribution in [3.8, 4) is 0 Å². The Kier molecular flexibility index (Phi) is 4.41. The van der Waals surface area contributed by atoms with Gasteiger partial charge in [-0.15, -0.1) is 0 Å². The fraction of sp³-hybridized carbons (Fsp3) is 0.600. The lowest BCUT2D eigenvalue weighted by Crippen LogP contribution is -2.41. The van der Waals surface area contributed by atoms with Crippen molar-refractivity contribution in [3.05, 3.63) is 34.1 Å². The van der Waals surface area contributed by atoms with Crippen LogP contribution in [0.1, 0.15) is 30.9 Å². The van der Waals surface area contributed by atoms with Crippen LogP contribution >= 0.6 is 27.7 Å². The molecule has 2 heterocycles. The first-order chi connectivity index (χ1) is 9.61. The van der Waals surface area contributed by atoms with Gasteiger partial charge in [0.25, 0.3) is 0 Å². The predicted molar refractivity (Wildman–Crippen MR) is 82.4 cm³/mol. The van der Waals surface area contributed by atoms with Crippen molar-refractivity contribution >= 4 is 27.7 Å². The first kappa shape index (κ1) is 14.8. The van der Waals surface area contributed by atoms with Gasteiger partial charge in [-0.05, 0) is 58.5 Å². The summed E-state index contributed by atoms with van der Waals surface area (Å²) in [6.07, 6.45) is 2.12. The Morgan fingerprint density at radius 1 is 1.50 bits per heavy atom. The largest absolute Gasteiger partial charge is 0.388 e. The van der Waals surface area contributed by atoms with Crippen LogP contribution < -0.4 is 0 Å². The van der Waals surface area contributed by atoms with Gasteiger partial charge in [0.1, 0.15) is 5.82 Å². The van der Waals surface area contributed by atoms with Crippen molar-refractivity contribution in [2.45, 2.75) is 31.0 Å². The SMILES string of the molecule is OC(c1cccc(F)c1Br)C1CCOC2(CCSC2)C1. The quantitative estimate of drug-likeness (QED) is 0.866. The van der Waals surface area contributed by atoms with Crippen LogP contribution in [0.4, 0.5) is 4.39 Å². The van der Waals surface area contributed by atoms with E-state index in [4.69, 9.17) is 4.74 Å². The fourth-order valence-electron chi connectivity index (χ4n) is 3.20. The number of aliphatic hydroxyl groups is 1. The van der Waals surface area contributed by atoms with E-state index in [1.165, 1.54) is 6.07 Å². The van der Waals surface area contributed by atoms with Gasteiger partial charge in [0.15, 0.2) is 0 Å². The summed E-state index contributed by atoms with van der Waals surface area (Å²) in [6.45, 7) is 0.690. The molecule has 1 spiro atoms. The predicted octanol–water partition coefficient (Wildman–Crippen LogP) is 3.92. The van der Waals surface area contributed by atoms with Crippen LogP contribution in [-0.2, 0) is 4.74 Å². The van der Waals surface area contributed by atoms with Gasteiger partial charge in [0.2, 0.25) is 0 Å². The van der Waals surface area contributed by atoms with Gasteiger partial charge in [0, 0.05) is 12.4 Å². The summed E-state index contributed by atoms with van der Waals surface area (Å²) in [7, 11) is 0. The first-order valence-electron chi connectivity index (χ1n) is 6.95. The zero-order valence-electron chi connectivity index (χ0n) is 11.1. The molecule has 3 atom stereocenters. The number of hydrogen-bond donors (Lipinski definition) is 1. The number of halogens is 2. The summed E-state index contributed by atoms with van der Waals surface area (Å²) in [5.41, 5.74) is 0.590. The molecule has 1 aromatic rings. The maximum absolute atomic E-state index is 13.6. The third kappa shape index (κ3) is 2.78. The maximum atomic E-state index is 13.6. The number of hydrogen-bond acceptors (Lipinski definition) is 3. The molecule has 0 radical (unpaired) electrons. The fourth-order valence-corrected chi connectivity index (χ4v) is 5.08. The van der Waals surface area contributed by atoms with Crippen LogP contribution in [0.3, 0.4) is 0 Å². The molecule has 2 saturated heterocycles. The Morgan fingerprint density at radius 2 is 2.35 bits per heavy atom. The number of rotatable bonds is 2. The lowest BCUT2D eigenvalue weighted by atomic mass is 9.80. The monoisotopic (exact) mass is 360 g/mol. The van der Waals surface area contributed by atoms with E-state index in [-0.39, 0.29) is 17.3 Å². The molecule has 0 aliphatic carbocycles. The lowest BCUT2D eigenvalue weighted by Gasteiger charge is -2.39. The second kappa shape index (κ2) is 5.95. The Hall–Kier alpha value is -0.100. The van der Waals surface area contributed by atoms with Crippen molar-refractivity contribution in [2.75, 3.05) is 18.1 Å². The van der Waals surface area contributed by atoms with E-state index in [0.29, 0.717) is 16.6 Å². The minimum absolute atomic E-state index is 0.0611. The summed E-state index contributed by atoms with van der Waals surface area (Å²) in [5.74, 6) is 1.97. The summed E-state index contributed by atoms with van der Waals surface area (Å²) in [5, 5.41) is 10.6. The molecule has 110 valence electrons. The standard InChI is InChI=1S/C15H18BrFO2S/c16-13-11(2-1-3-12(13)17)14(18)10-4-6-19-15(8-10)5-7-20-9-15/h1-3,10,14,18H,4-9H2. The molecular weight excluding hydrogens is 343 g/mol. The lowest BCUT2D eigenvalue weighted by molar-refractivity contribution is -0.102. The third-order valence-electron chi connectivity index (χ3n) is 4.34. The van der Waals surface area contributed by atoms with Crippen molar-refractivity contribution in [2.24, 2.45) is 5.92 Å². The normalized spacial score (nSPS) is 31.6. The van der Waals surface area contributed by atoms with Gasteiger partial charge in [-0.3, -0.25) is 0 Å². The van der Waals surface area contributed by atoms with Crippen molar-refractivity contribution in [1.29, 1.82) is 0 Å². The third-order valence-corrected chi connectivity index (χ3v) is 6.40. The molecule has 2 fully saturated rings. The highest BCUT2D eigenvalue weighted by atomic mass is 79.9. The number of ether oxygens (including phenoxy) is 1. The molecule has 0 amide bonds. The molecule has 0 aromatic heterocycles. The maximum Gasteiger partial charge on any atom is 0.137 e. The zero-order valence-corrected chi connectivity index (χ0v) is 13.6. The van der Waals surface area contributed by atoms with Crippen LogP contribution in [-0.4, -0.2) is 28.8 Å². The number of aliphatic hydroxyl groups excluding tert-OH is 1. The first-order valence-corrected chi connectivity index (χ1v) is 8.90. The zero-order chi connectivity index (χ0) is 14.2. The Bertz CT molecular complexity index is 491. The Balaban J connectivity index is 1.79. The van der Waals surface area contributed by atoms with Gasteiger partial charge in [-0.1, -0.05) is 12.1 Å². The van der Waals surface area contributed by atoms with E-state index in [2.05, 4.69) is 15.9 Å². The van der Waals surface area contributed by atoms with Crippen molar-refractivity contribution in [3.63, 3.8) is 0 Å². The summed E-state index contributed by atoms with van der Waals surface area (Å²) in [6, 6.07) is 4.85. The molecule has 3 unspecified atom stereocenters. The highest BCUT2D eigenvalue weighted by Crippen LogP contribution is 2.44. The van der Waals surface area contributed by atoms with E-state index < -0.39 is 6.10 Å². The molecule has 2 aliphatic rings. The molecule has 5 heteroatoms. The molecule has 2 aliphatic heterocycles. The average molecular weight is 361 g/mol. The molecule has 1 N–H and O–H groups in total. The van der Waals surface area contributed by atoms with Gasteiger partial charge in [0.05, 0.1) is 16.2 Å². The van der Waals surface area contributed by atoms with Crippen molar-refractivity contribution < 1.29 is 14.2 Å². The van der Waals surface area contributed by atoms with E-state index in [1.807, 2.05) is 11.8 Å². The van der Waals surface area contributed by atoms with E-state index >= 15 is 0 Å². The second-order valence-electron chi connectivity index (χ2n) is 5.67. The number of benzene rings is 1. The van der Waals surface area contributed by atoms with Crippen molar-refractivity contribution in [1.82, 2.24) is 0 Å². The minimum Gasteiger partial charge on any atom is -0.388 e. The van der Waals surface area contributed by atoms with E-state index in [0.717, 1.165) is 30.8 Å². The smallest absolute Gasteiger partial charge is 0.137 e. The van der Waals surface area contributed by atoms with E-state index in [9.17, 15) is 9.50 Å². The van der Waals surface area contributed by atoms with Gasteiger partial charge in [-0.25, -0.2) is 4.39 Å². The van der Waals surface area contributed by atoms with Crippen LogP contribution in [0.2, 0.25) is 0 Å². The molecule has 2 nitrogen and oxygen atoms in total. The highest BCUT2D eigenvalue weighted by molar-refractivity contribution is 9.10. The van der Waals surface area contributed by atoms with Crippen LogP contribution in [0.15, 0.2) is 22.7 Å². The molecule has 1 aromatic carbocycles. The molecule has 0 saturated carbocycles. The molecule has 20 heavy (non-hydrogen) atoms. The van der Waals surface area contributed by atoms with Crippen LogP contribution in [0.25, 0.3) is 0 Å². The Morgan fingerprint density at radius 3 is 3.10 bits per heavy atom. The summed E-state index contributed by atoms with van der Waals surface area (Å²) in [4.78, 5) is 0. The Labute approximate surface area is 131 Å². The molecule has 0 bridgehead atoms. The minimum atomic E-state index is -0.633. The van der Waals surface area contributed by atoms with Crippen LogP contribution in [0.5, 0.6) is 0 Å². The van der Waals surface area contributed by atoms with Gasteiger partial charge >= 0.3 is 0 Å². The molecular formula is C15H18BrFO2S. The van der Waals surface area contributed by atoms with Crippen LogP contribution in [0, 0.1) is 11.7 Å². The molecule has 3 rings (SSSR count). The topological polar surface area (TPSA) is 29.5 Å². The summed E-state index contributed by atoms with van der Waals surface area (Å²) < 4.78 is 20.0. The second-order valence-corrected chi connectivity index (χ2v) is 7.57. The highest BCUT2D eigenvalue weighted by Gasteiger charge is 2.42. The summed E-state index contributed by atoms with van der Waals surface area (Å²) >= 11 is 5.17. The van der Waals surface area contributed by atoms with Gasteiger partial charge < -0.3 is 9.84 Å². The average Bonchev–Trinajstić information content (AvgIpc) is 2.89. The number of thioether (sulfide) groups is 1. The van der Waals surface area contributed by atoms with Gasteiger partial charge in [-0.2, -0.15) is 11.8 Å².